The van der Waals surface area contributed by atoms with Crippen molar-refractivity contribution >= 4 is 22.0 Å². The van der Waals surface area contributed by atoms with Gasteiger partial charge in [0.15, 0.2) is 5.25 Å². The van der Waals surface area contributed by atoms with E-state index in [1.165, 1.54) is 23.3 Å². The van der Waals surface area contributed by atoms with Crippen molar-refractivity contribution in [3.63, 3.8) is 0 Å². The quantitative estimate of drug-likeness (QED) is 0.741. The highest BCUT2D eigenvalue weighted by Crippen LogP contribution is 2.22. The molecule has 8 heteroatoms. The maximum atomic E-state index is 13.4. The molecule has 3 rings (SSSR count). The van der Waals surface area contributed by atoms with Gasteiger partial charge in [0.2, 0.25) is 10.0 Å². The standard InChI is InChI=1S/C20H23N3O4S/c1-21-15-18(19(24)22(2)20(21)25)28(26,27)23(13-16-9-5-3-6-10-16)14-17-11-7-4-8-12-17/h3-12,18H,13-15H2,1-2H3. The van der Waals surface area contributed by atoms with Gasteiger partial charge in [-0.3, -0.25) is 9.69 Å². The number of urea groups is 1. The average molecular weight is 401 g/mol. The number of hydrogen-bond acceptors (Lipinski definition) is 4. The summed E-state index contributed by atoms with van der Waals surface area (Å²) in [4.78, 5) is 26.7. The number of nitrogens with zero attached hydrogens (tertiary/aromatic N) is 3. The van der Waals surface area contributed by atoms with E-state index in [2.05, 4.69) is 0 Å². The van der Waals surface area contributed by atoms with Crippen molar-refractivity contribution in [1.82, 2.24) is 14.1 Å². The van der Waals surface area contributed by atoms with E-state index in [-0.39, 0.29) is 19.6 Å². The molecule has 0 radical (unpaired) electrons. The van der Waals surface area contributed by atoms with Crippen LogP contribution in [0.25, 0.3) is 0 Å². The number of carbonyl (C=O) groups excluding carboxylic acids is 2. The maximum absolute atomic E-state index is 13.4. The van der Waals surface area contributed by atoms with E-state index in [4.69, 9.17) is 0 Å². The van der Waals surface area contributed by atoms with Crippen LogP contribution in [-0.4, -0.2) is 60.4 Å². The molecule has 1 fully saturated rings. The Hall–Kier alpha value is -2.71. The van der Waals surface area contributed by atoms with Crippen molar-refractivity contribution in [2.24, 2.45) is 0 Å². The first-order valence-electron chi connectivity index (χ1n) is 8.90. The van der Waals surface area contributed by atoms with Gasteiger partial charge in [-0.1, -0.05) is 60.7 Å². The maximum Gasteiger partial charge on any atom is 0.326 e. The van der Waals surface area contributed by atoms with Crippen LogP contribution in [0.5, 0.6) is 0 Å². The van der Waals surface area contributed by atoms with Gasteiger partial charge in [0, 0.05) is 33.7 Å². The summed E-state index contributed by atoms with van der Waals surface area (Å²) in [5, 5.41) is -1.33. The van der Waals surface area contributed by atoms with Gasteiger partial charge in [-0.15, -0.1) is 0 Å². The van der Waals surface area contributed by atoms with Gasteiger partial charge in [0.1, 0.15) is 0 Å². The van der Waals surface area contributed by atoms with Crippen molar-refractivity contribution in [3.05, 3.63) is 71.8 Å². The third-order valence-electron chi connectivity index (χ3n) is 4.78. The SMILES string of the molecule is CN1CC(S(=O)(=O)N(Cc2ccccc2)Cc2ccccc2)C(=O)N(C)C1=O. The molecule has 0 N–H and O–H groups in total. The Labute approximate surface area is 165 Å². The molecule has 1 saturated heterocycles. The summed E-state index contributed by atoms with van der Waals surface area (Å²) >= 11 is 0. The Morgan fingerprint density at radius 3 is 1.82 bits per heavy atom. The van der Waals surface area contributed by atoms with E-state index in [1.807, 2.05) is 60.7 Å². The molecule has 0 aromatic heterocycles. The Morgan fingerprint density at radius 2 is 1.36 bits per heavy atom. The zero-order valence-electron chi connectivity index (χ0n) is 15.9. The van der Waals surface area contributed by atoms with Crippen LogP contribution >= 0.6 is 0 Å². The van der Waals surface area contributed by atoms with E-state index in [9.17, 15) is 18.0 Å². The van der Waals surface area contributed by atoms with Crippen LogP contribution in [0.1, 0.15) is 11.1 Å². The lowest BCUT2D eigenvalue weighted by molar-refractivity contribution is -0.129. The molecule has 2 aromatic carbocycles. The highest BCUT2D eigenvalue weighted by molar-refractivity contribution is 7.90. The minimum absolute atomic E-state index is 0.142. The topological polar surface area (TPSA) is 78.0 Å². The largest absolute Gasteiger partial charge is 0.326 e. The molecule has 1 unspecified atom stereocenters. The normalized spacial score (nSPS) is 18.0. The van der Waals surface area contributed by atoms with Crippen LogP contribution < -0.4 is 0 Å². The number of rotatable bonds is 6. The van der Waals surface area contributed by atoms with Crippen molar-refractivity contribution < 1.29 is 18.0 Å². The number of carbonyl (C=O) groups is 2. The molecule has 1 atom stereocenters. The van der Waals surface area contributed by atoms with Crippen molar-refractivity contribution in [2.45, 2.75) is 18.3 Å². The molecule has 0 saturated carbocycles. The highest BCUT2D eigenvalue weighted by Gasteiger charge is 2.45. The van der Waals surface area contributed by atoms with E-state index in [0.717, 1.165) is 16.0 Å². The molecule has 2 aromatic rings. The number of imide groups is 1. The number of amides is 3. The van der Waals surface area contributed by atoms with E-state index >= 15 is 0 Å². The molecule has 0 aliphatic carbocycles. The molecule has 148 valence electrons. The second kappa shape index (κ2) is 8.12. The first-order valence-corrected chi connectivity index (χ1v) is 10.4. The smallest absolute Gasteiger partial charge is 0.325 e. The monoisotopic (exact) mass is 401 g/mol. The Balaban J connectivity index is 1.95. The fourth-order valence-electron chi connectivity index (χ4n) is 3.18. The highest BCUT2D eigenvalue weighted by atomic mass is 32.2. The van der Waals surface area contributed by atoms with Gasteiger partial charge < -0.3 is 4.90 Å². The van der Waals surface area contributed by atoms with Crippen LogP contribution in [0.3, 0.4) is 0 Å². The summed E-state index contributed by atoms with van der Waals surface area (Å²) in [6, 6.07) is 18.0. The molecule has 28 heavy (non-hydrogen) atoms. The second-order valence-electron chi connectivity index (χ2n) is 6.83. The van der Waals surface area contributed by atoms with E-state index < -0.39 is 27.2 Å². The van der Waals surface area contributed by atoms with Crippen LogP contribution in [0, 0.1) is 0 Å². The van der Waals surface area contributed by atoms with E-state index in [0.29, 0.717) is 0 Å². The molecular weight excluding hydrogens is 378 g/mol. The Morgan fingerprint density at radius 1 is 0.893 bits per heavy atom. The predicted octanol–water partition coefficient (Wildman–Crippen LogP) is 1.91. The molecule has 3 amide bonds. The van der Waals surface area contributed by atoms with Gasteiger partial charge in [0.05, 0.1) is 0 Å². The minimum Gasteiger partial charge on any atom is -0.325 e. The first-order chi connectivity index (χ1) is 13.3. The predicted molar refractivity (Wildman–Crippen MR) is 106 cm³/mol. The first kappa shape index (κ1) is 20.0. The summed E-state index contributed by atoms with van der Waals surface area (Å²) in [7, 11) is -1.21. The van der Waals surface area contributed by atoms with Crippen LogP contribution in [0.15, 0.2) is 60.7 Å². The number of benzene rings is 2. The Bertz CT molecular complexity index is 906. The lowest BCUT2D eigenvalue weighted by Gasteiger charge is -2.36. The fourth-order valence-corrected chi connectivity index (χ4v) is 5.03. The third kappa shape index (κ3) is 4.07. The van der Waals surface area contributed by atoms with Gasteiger partial charge in [0.25, 0.3) is 5.91 Å². The van der Waals surface area contributed by atoms with Gasteiger partial charge in [-0.25, -0.2) is 13.2 Å². The summed E-state index contributed by atoms with van der Waals surface area (Å²) in [5.41, 5.74) is 1.64. The molecule has 0 spiro atoms. The lowest BCUT2D eigenvalue weighted by Crippen LogP contribution is -2.60. The summed E-state index contributed by atoms with van der Waals surface area (Å²) in [6.45, 7) is 0.122. The fraction of sp³-hybridized carbons (Fsp3) is 0.300. The van der Waals surface area contributed by atoms with Crippen molar-refractivity contribution in [3.8, 4) is 0 Å². The van der Waals surface area contributed by atoms with Gasteiger partial charge in [-0.05, 0) is 11.1 Å². The lowest BCUT2D eigenvalue weighted by atomic mass is 10.2. The third-order valence-corrected chi connectivity index (χ3v) is 6.83. The molecular formula is C20H23N3O4S. The van der Waals surface area contributed by atoms with Crippen molar-refractivity contribution in [1.29, 1.82) is 0 Å². The molecule has 7 nitrogen and oxygen atoms in total. The number of hydrogen-bond donors (Lipinski definition) is 0. The molecule has 1 heterocycles. The van der Waals surface area contributed by atoms with Crippen LogP contribution in [0.4, 0.5) is 4.79 Å². The van der Waals surface area contributed by atoms with E-state index in [1.54, 1.807) is 0 Å². The van der Waals surface area contributed by atoms with Gasteiger partial charge >= 0.3 is 6.03 Å². The second-order valence-corrected chi connectivity index (χ2v) is 8.95. The minimum atomic E-state index is -4.01. The summed E-state index contributed by atoms with van der Waals surface area (Å²) in [6.07, 6.45) is 0. The molecule has 1 aliphatic heterocycles. The zero-order chi connectivity index (χ0) is 20.3. The Kier molecular flexibility index (Phi) is 5.81. The van der Waals surface area contributed by atoms with Gasteiger partial charge in [-0.2, -0.15) is 4.31 Å². The van der Waals surface area contributed by atoms with Crippen molar-refractivity contribution in [2.75, 3.05) is 20.6 Å². The van der Waals surface area contributed by atoms with Crippen LogP contribution in [-0.2, 0) is 27.9 Å². The summed E-state index contributed by atoms with van der Waals surface area (Å²) < 4.78 is 28.2. The summed E-state index contributed by atoms with van der Waals surface area (Å²) in [5.74, 6) is -0.700. The number of sulfonamides is 1. The van der Waals surface area contributed by atoms with Crippen LogP contribution in [0.2, 0.25) is 0 Å². The zero-order valence-corrected chi connectivity index (χ0v) is 16.7. The molecule has 1 aliphatic rings. The molecule has 0 bridgehead atoms. The average Bonchev–Trinajstić information content (AvgIpc) is 2.70.